The average Bonchev–Trinajstić information content (AvgIpc) is 3.22. The van der Waals surface area contributed by atoms with Gasteiger partial charge in [-0.25, -0.2) is 0 Å². The van der Waals surface area contributed by atoms with E-state index in [2.05, 4.69) is 0 Å². The largest absolute Gasteiger partial charge is 0.507 e. The SMILES string of the molecule is CN(C)CCCN1C(=O)C(=O)/C(=C(\O)c2ccc3c(c2)OCCO3)C12C(=O)N(C)c1ccccc12. The number of ketones is 1. The number of hydrogen-bond donors (Lipinski definition) is 1. The van der Waals surface area contributed by atoms with Gasteiger partial charge in [0.2, 0.25) is 0 Å². The number of likely N-dealkylation sites (tertiary alicyclic amines) is 1. The first-order chi connectivity index (χ1) is 16.8. The third kappa shape index (κ3) is 3.30. The second-order valence-corrected chi connectivity index (χ2v) is 9.12. The van der Waals surface area contributed by atoms with Crippen molar-refractivity contribution in [2.24, 2.45) is 0 Å². The molecule has 0 bridgehead atoms. The number of likely N-dealkylation sites (N-methyl/N-ethyl adjacent to an activating group) is 1. The summed E-state index contributed by atoms with van der Waals surface area (Å²) < 4.78 is 11.2. The first-order valence-electron chi connectivity index (χ1n) is 11.5. The molecule has 2 aromatic carbocycles. The van der Waals surface area contributed by atoms with Crippen molar-refractivity contribution in [3.05, 3.63) is 59.2 Å². The predicted molar refractivity (Wildman–Crippen MR) is 128 cm³/mol. The first-order valence-corrected chi connectivity index (χ1v) is 11.5. The Labute approximate surface area is 203 Å². The molecular weight excluding hydrogens is 450 g/mol. The molecule has 1 spiro atoms. The van der Waals surface area contributed by atoms with Gasteiger partial charge in [-0.1, -0.05) is 18.2 Å². The van der Waals surface area contributed by atoms with Gasteiger partial charge in [0.25, 0.3) is 17.6 Å². The second kappa shape index (κ2) is 8.42. The van der Waals surface area contributed by atoms with Gasteiger partial charge in [0, 0.05) is 30.4 Å². The van der Waals surface area contributed by atoms with Crippen molar-refractivity contribution in [1.29, 1.82) is 0 Å². The van der Waals surface area contributed by atoms with E-state index < -0.39 is 28.9 Å². The van der Waals surface area contributed by atoms with E-state index in [1.807, 2.05) is 19.0 Å². The Morgan fingerprint density at radius 2 is 1.77 bits per heavy atom. The van der Waals surface area contributed by atoms with Crippen LogP contribution in [0.25, 0.3) is 5.76 Å². The van der Waals surface area contributed by atoms with Crippen LogP contribution in [0.5, 0.6) is 11.5 Å². The highest BCUT2D eigenvalue weighted by Crippen LogP contribution is 2.53. The first kappa shape index (κ1) is 22.9. The van der Waals surface area contributed by atoms with Crippen LogP contribution in [0.15, 0.2) is 48.0 Å². The Hall–Kier alpha value is -3.85. The Balaban J connectivity index is 1.73. The van der Waals surface area contributed by atoms with Gasteiger partial charge >= 0.3 is 0 Å². The van der Waals surface area contributed by atoms with Gasteiger partial charge in [0.15, 0.2) is 17.0 Å². The minimum absolute atomic E-state index is 0.175. The van der Waals surface area contributed by atoms with Gasteiger partial charge in [-0.15, -0.1) is 0 Å². The van der Waals surface area contributed by atoms with Gasteiger partial charge in [-0.3, -0.25) is 14.4 Å². The monoisotopic (exact) mass is 477 g/mol. The van der Waals surface area contributed by atoms with Crippen molar-refractivity contribution in [3.8, 4) is 11.5 Å². The lowest BCUT2D eigenvalue weighted by atomic mass is 9.82. The number of fused-ring (bicyclic) bond motifs is 3. The highest BCUT2D eigenvalue weighted by Gasteiger charge is 2.66. The summed E-state index contributed by atoms with van der Waals surface area (Å²) >= 11 is 0. The summed E-state index contributed by atoms with van der Waals surface area (Å²) in [5.41, 5.74) is -0.630. The van der Waals surface area contributed by atoms with E-state index in [4.69, 9.17) is 9.47 Å². The second-order valence-electron chi connectivity index (χ2n) is 9.12. The van der Waals surface area contributed by atoms with E-state index in [1.54, 1.807) is 49.5 Å². The summed E-state index contributed by atoms with van der Waals surface area (Å²) in [5, 5.41) is 11.5. The molecule has 9 nitrogen and oxygen atoms in total. The third-order valence-electron chi connectivity index (χ3n) is 6.74. The summed E-state index contributed by atoms with van der Waals surface area (Å²) in [5.74, 6) is -1.63. The van der Waals surface area contributed by atoms with Crippen molar-refractivity contribution < 1.29 is 29.0 Å². The van der Waals surface area contributed by atoms with Crippen LogP contribution >= 0.6 is 0 Å². The zero-order valence-electron chi connectivity index (χ0n) is 19.9. The molecule has 5 rings (SSSR count). The fourth-order valence-corrected chi connectivity index (χ4v) is 5.15. The number of carbonyl (C=O) groups is 3. The Morgan fingerprint density at radius 3 is 2.51 bits per heavy atom. The summed E-state index contributed by atoms with van der Waals surface area (Å²) in [7, 11) is 5.44. The quantitative estimate of drug-likeness (QED) is 0.399. The van der Waals surface area contributed by atoms with Crippen molar-refractivity contribution in [3.63, 3.8) is 0 Å². The third-order valence-corrected chi connectivity index (χ3v) is 6.74. The summed E-state index contributed by atoms with van der Waals surface area (Å²) in [6.45, 7) is 1.60. The number of aliphatic hydroxyl groups is 1. The number of nitrogens with zero attached hydrogens (tertiary/aromatic N) is 3. The lowest BCUT2D eigenvalue weighted by Gasteiger charge is -2.34. The van der Waals surface area contributed by atoms with Crippen LogP contribution in [0, 0.1) is 0 Å². The molecule has 1 fully saturated rings. The minimum atomic E-state index is -1.75. The van der Waals surface area contributed by atoms with Crippen LogP contribution < -0.4 is 14.4 Å². The Morgan fingerprint density at radius 1 is 1.06 bits per heavy atom. The summed E-state index contributed by atoms with van der Waals surface area (Å²) in [6.07, 6.45) is 0.547. The number of rotatable bonds is 5. The smallest absolute Gasteiger partial charge is 0.296 e. The number of hydrogen-bond acceptors (Lipinski definition) is 7. The fourth-order valence-electron chi connectivity index (χ4n) is 5.15. The molecule has 1 N–H and O–H groups in total. The normalized spacial score (nSPS) is 22.5. The van der Waals surface area contributed by atoms with Gasteiger partial charge in [0.1, 0.15) is 19.0 Å². The number of carbonyl (C=O) groups excluding carboxylic acids is 3. The molecule has 35 heavy (non-hydrogen) atoms. The highest BCUT2D eigenvalue weighted by atomic mass is 16.6. The van der Waals surface area contributed by atoms with Crippen molar-refractivity contribution in [2.45, 2.75) is 12.0 Å². The Kier molecular flexibility index (Phi) is 5.52. The topological polar surface area (TPSA) is 99.6 Å². The molecule has 1 atom stereocenters. The lowest BCUT2D eigenvalue weighted by Crippen LogP contribution is -2.51. The molecule has 0 aliphatic carbocycles. The van der Waals surface area contributed by atoms with E-state index in [-0.39, 0.29) is 17.7 Å². The van der Waals surface area contributed by atoms with E-state index in [0.29, 0.717) is 48.9 Å². The van der Waals surface area contributed by atoms with Gasteiger partial charge in [-0.05, 0) is 51.3 Å². The molecule has 182 valence electrons. The van der Waals surface area contributed by atoms with Crippen molar-refractivity contribution in [1.82, 2.24) is 9.80 Å². The number of benzene rings is 2. The van der Waals surface area contributed by atoms with E-state index in [9.17, 15) is 19.5 Å². The number of anilines is 1. The highest BCUT2D eigenvalue weighted by molar-refractivity contribution is 6.50. The maximum atomic E-state index is 13.9. The minimum Gasteiger partial charge on any atom is -0.507 e. The molecule has 0 radical (unpaired) electrons. The maximum Gasteiger partial charge on any atom is 0.296 e. The fraction of sp³-hybridized carbons (Fsp3) is 0.346. The zero-order chi connectivity index (χ0) is 24.9. The average molecular weight is 478 g/mol. The lowest BCUT2D eigenvalue weighted by molar-refractivity contribution is -0.143. The molecule has 0 aromatic heterocycles. The Bertz CT molecular complexity index is 1270. The molecule has 9 heteroatoms. The van der Waals surface area contributed by atoms with Crippen molar-refractivity contribution in [2.75, 3.05) is 52.3 Å². The van der Waals surface area contributed by atoms with E-state index in [1.165, 1.54) is 9.80 Å². The number of para-hydroxylation sites is 1. The number of Topliss-reactive ketones (excluding diaryl/α,β-unsaturated/α-hetero) is 1. The molecule has 2 amide bonds. The molecule has 0 saturated carbocycles. The molecule has 1 saturated heterocycles. The molecule has 1 unspecified atom stereocenters. The predicted octanol–water partition coefficient (Wildman–Crippen LogP) is 1.96. The van der Waals surface area contributed by atoms with Crippen LogP contribution in [0.1, 0.15) is 17.5 Å². The molecule has 2 aromatic rings. The van der Waals surface area contributed by atoms with Gasteiger partial charge < -0.3 is 29.3 Å². The molecule has 3 aliphatic heterocycles. The van der Waals surface area contributed by atoms with Gasteiger partial charge in [-0.2, -0.15) is 0 Å². The van der Waals surface area contributed by atoms with E-state index in [0.717, 1.165) is 0 Å². The summed E-state index contributed by atoms with van der Waals surface area (Å²) in [6, 6.07) is 11.8. The van der Waals surface area contributed by atoms with Crippen LogP contribution in [0.2, 0.25) is 0 Å². The standard InChI is InChI=1S/C26H27N3O6/c1-27(2)11-6-12-29-24(32)23(31)21(22(30)16-9-10-19-20(15-16)35-14-13-34-19)26(29)17-7-4-5-8-18(17)28(3)25(26)33/h4-5,7-10,15,30H,6,11-14H2,1-3H3/b22-21+. The van der Waals surface area contributed by atoms with Crippen molar-refractivity contribution >= 4 is 29.0 Å². The van der Waals surface area contributed by atoms with E-state index >= 15 is 0 Å². The molecule has 3 aliphatic rings. The zero-order valence-corrected chi connectivity index (χ0v) is 19.9. The number of amides is 2. The van der Waals surface area contributed by atoms with Crippen LogP contribution in [0.4, 0.5) is 5.69 Å². The number of aliphatic hydroxyl groups excluding tert-OH is 1. The number of ether oxygens (including phenoxy) is 2. The summed E-state index contributed by atoms with van der Waals surface area (Å²) in [4.78, 5) is 45.6. The van der Waals surface area contributed by atoms with Crippen LogP contribution in [-0.4, -0.2) is 80.0 Å². The maximum absolute atomic E-state index is 13.9. The molecule has 3 heterocycles. The van der Waals surface area contributed by atoms with Crippen LogP contribution in [0.3, 0.4) is 0 Å². The van der Waals surface area contributed by atoms with Gasteiger partial charge in [0.05, 0.1) is 5.57 Å². The van der Waals surface area contributed by atoms with Crippen LogP contribution in [-0.2, 0) is 19.9 Å². The molecular formula is C26H27N3O6.